The standard InChI is InChI=1S/C14H19N3OS/c15-12(19)14(6-2-1-3-7-14)13(18)17-10-11-4-8-16-9-5-11/h4-5,8-9H,1-3,6-7,10H2,(H2,15,19)(H,17,18). The first-order valence-electron chi connectivity index (χ1n) is 6.62. The normalized spacial score (nSPS) is 17.7. The maximum Gasteiger partial charge on any atom is 0.233 e. The van der Waals surface area contributed by atoms with Crippen LogP contribution in [0.3, 0.4) is 0 Å². The first-order chi connectivity index (χ1) is 9.15. The molecule has 0 aliphatic heterocycles. The molecule has 5 heteroatoms. The molecule has 0 radical (unpaired) electrons. The van der Waals surface area contributed by atoms with Gasteiger partial charge in [-0.15, -0.1) is 0 Å². The summed E-state index contributed by atoms with van der Waals surface area (Å²) in [6.07, 6.45) is 8.15. The number of rotatable bonds is 4. The number of amides is 1. The monoisotopic (exact) mass is 277 g/mol. The van der Waals surface area contributed by atoms with E-state index in [2.05, 4.69) is 10.3 Å². The van der Waals surface area contributed by atoms with Gasteiger partial charge < -0.3 is 11.1 Å². The molecular weight excluding hydrogens is 258 g/mol. The first-order valence-corrected chi connectivity index (χ1v) is 7.03. The highest BCUT2D eigenvalue weighted by atomic mass is 32.1. The Bertz CT molecular complexity index is 455. The number of carbonyl (C=O) groups is 1. The van der Waals surface area contributed by atoms with Gasteiger partial charge in [0, 0.05) is 18.9 Å². The number of nitrogens with zero attached hydrogens (tertiary/aromatic N) is 1. The molecule has 0 spiro atoms. The van der Waals surface area contributed by atoms with Gasteiger partial charge in [-0.25, -0.2) is 0 Å². The summed E-state index contributed by atoms with van der Waals surface area (Å²) in [5.41, 5.74) is 6.22. The highest BCUT2D eigenvalue weighted by molar-refractivity contribution is 7.80. The summed E-state index contributed by atoms with van der Waals surface area (Å²) in [7, 11) is 0. The van der Waals surface area contributed by atoms with Crippen LogP contribution in [-0.4, -0.2) is 15.9 Å². The van der Waals surface area contributed by atoms with Crippen molar-refractivity contribution in [3.63, 3.8) is 0 Å². The number of pyridine rings is 1. The van der Waals surface area contributed by atoms with Crippen molar-refractivity contribution in [2.75, 3.05) is 0 Å². The fourth-order valence-electron chi connectivity index (χ4n) is 2.59. The lowest BCUT2D eigenvalue weighted by Gasteiger charge is -2.34. The van der Waals surface area contributed by atoms with Gasteiger partial charge in [-0.3, -0.25) is 9.78 Å². The molecule has 0 saturated heterocycles. The molecule has 19 heavy (non-hydrogen) atoms. The average molecular weight is 277 g/mol. The average Bonchev–Trinajstić information content (AvgIpc) is 2.46. The summed E-state index contributed by atoms with van der Waals surface area (Å²) < 4.78 is 0. The molecule has 4 nitrogen and oxygen atoms in total. The van der Waals surface area contributed by atoms with Crippen LogP contribution < -0.4 is 11.1 Å². The number of hydrogen-bond acceptors (Lipinski definition) is 3. The molecule has 0 aromatic carbocycles. The molecule has 102 valence electrons. The van der Waals surface area contributed by atoms with Crippen LogP contribution in [0.15, 0.2) is 24.5 Å². The smallest absolute Gasteiger partial charge is 0.233 e. The van der Waals surface area contributed by atoms with Gasteiger partial charge in [0.05, 0.1) is 10.4 Å². The quantitative estimate of drug-likeness (QED) is 0.825. The molecule has 1 heterocycles. The summed E-state index contributed by atoms with van der Waals surface area (Å²) in [6, 6.07) is 3.77. The van der Waals surface area contributed by atoms with Gasteiger partial charge in [-0.2, -0.15) is 0 Å². The zero-order chi connectivity index (χ0) is 13.7. The van der Waals surface area contributed by atoms with Crippen molar-refractivity contribution in [1.29, 1.82) is 0 Å². The second-order valence-electron chi connectivity index (χ2n) is 5.05. The molecule has 1 aliphatic carbocycles. The van der Waals surface area contributed by atoms with Crippen LogP contribution in [-0.2, 0) is 11.3 Å². The predicted octanol–water partition coefficient (Wildman–Crippen LogP) is 1.93. The van der Waals surface area contributed by atoms with Crippen LogP contribution in [0.5, 0.6) is 0 Å². The Balaban J connectivity index is 2.02. The Morgan fingerprint density at radius 2 is 1.95 bits per heavy atom. The number of carbonyl (C=O) groups excluding carboxylic acids is 1. The minimum atomic E-state index is -0.638. The lowest BCUT2D eigenvalue weighted by molar-refractivity contribution is -0.129. The Kier molecular flexibility index (Phi) is 4.47. The maximum atomic E-state index is 12.4. The molecule has 1 fully saturated rings. The van der Waals surface area contributed by atoms with Gasteiger partial charge >= 0.3 is 0 Å². The van der Waals surface area contributed by atoms with E-state index in [0.717, 1.165) is 37.7 Å². The van der Waals surface area contributed by atoms with Crippen molar-refractivity contribution < 1.29 is 4.79 Å². The van der Waals surface area contributed by atoms with Crippen molar-refractivity contribution in [2.24, 2.45) is 11.1 Å². The fraction of sp³-hybridized carbons (Fsp3) is 0.500. The molecule has 3 N–H and O–H groups in total. The van der Waals surface area contributed by atoms with E-state index in [-0.39, 0.29) is 5.91 Å². The van der Waals surface area contributed by atoms with Crippen LogP contribution in [0, 0.1) is 5.41 Å². The van der Waals surface area contributed by atoms with Gasteiger partial charge in [-0.05, 0) is 30.5 Å². The number of hydrogen-bond donors (Lipinski definition) is 2. The molecule has 0 atom stereocenters. The van der Waals surface area contributed by atoms with E-state index < -0.39 is 5.41 Å². The number of nitrogens with one attached hydrogen (secondary N) is 1. The van der Waals surface area contributed by atoms with E-state index in [1.165, 1.54) is 0 Å². The van der Waals surface area contributed by atoms with Crippen LogP contribution in [0.1, 0.15) is 37.7 Å². The van der Waals surface area contributed by atoms with Crippen molar-refractivity contribution in [3.05, 3.63) is 30.1 Å². The summed E-state index contributed by atoms with van der Waals surface area (Å²) >= 11 is 5.14. The van der Waals surface area contributed by atoms with Gasteiger partial charge in [0.15, 0.2) is 0 Å². The van der Waals surface area contributed by atoms with E-state index >= 15 is 0 Å². The van der Waals surface area contributed by atoms with Crippen molar-refractivity contribution >= 4 is 23.1 Å². The molecule has 1 aromatic heterocycles. The zero-order valence-electron chi connectivity index (χ0n) is 10.9. The van der Waals surface area contributed by atoms with Gasteiger partial charge in [0.2, 0.25) is 5.91 Å². The Morgan fingerprint density at radius 3 is 2.53 bits per heavy atom. The second kappa shape index (κ2) is 6.10. The molecule has 1 amide bonds. The summed E-state index contributed by atoms with van der Waals surface area (Å²) in [4.78, 5) is 16.7. The first kappa shape index (κ1) is 13.9. The maximum absolute atomic E-state index is 12.4. The lowest BCUT2D eigenvalue weighted by atomic mass is 9.73. The third-order valence-electron chi connectivity index (χ3n) is 3.82. The topological polar surface area (TPSA) is 68.0 Å². The van der Waals surface area contributed by atoms with Gasteiger partial charge in [0.1, 0.15) is 0 Å². The molecule has 1 aliphatic rings. The largest absolute Gasteiger partial charge is 0.392 e. The lowest BCUT2D eigenvalue weighted by Crippen LogP contribution is -2.49. The van der Waals surface area contributed by atoms with E-state index in [0.29, 0.717) is 11.5 Å². The van der Waals surface area contributed by atoms with Crippen LogP contribution in [0.4, 0.5) is 0 Å². The highest BCUT2D eigenvalue weighted by Gasteiger charge is 2.42. The van der Waals surface area contributed by atoms with Crippen molar-refractivity contribution in [2.45, 2.75) is 38.6 Å². The van der Waals surface area contributed by atoms with Gasteiger partial charge in [0.25, 0.3) is 0 Å². The van der Waals surface area contributed by atoms with Crippen LogP contribution in [0.25, 0.3) is 0 Å². The molecular formula is C14H19N3OS. The van der Waals surface area contributed by atoms with E-state index in [1.807, 2.05) is 12.1 Å². The molecule has 0 bridgehead atoms. The fourth-order valence-corrected chi connectivity index (χ4v) is 2.89. The van der Waals surface area contributed by atoms with Crippen molar-refractivity contribution in [3.8, 4) is 0 Å². The van der Waals surface area contributed by atoms with E-state index in [9.17, 15) is 4.79 Å². The van der Waals surface area contributed by atoms with Crippen LogP contribution in [0.2, 0.25) is 0 Å². The van der Waals surface area contributed by atoms with E-state index in [4.69, 9.17) is 18.0 Å². The second-order valence-corrected chi connectivity index (χ2v) is 5.48. The Morgan fingerprint density at radius 1 is 1.32 bits per heavy atom. The van der Waals surface area contributed by atoms with Crippen LogP contribution >= 0.6 is 12.2 Å². The van der Waals surface area contributed by atoms with E-state index in [1.54, 1.807) is 12.4 Å². The summed E-state index contributed by atoms with van der Waals surface area (Å²) in [5, 5.41) is 2.96. The SMILES string of the molecule is NC(=S)C1(C(=O)NCc2ccncc2)CCCCC1. The summed E-state index contributed by atoms with van der Waals surface area (Å²) in [6.45, 7) is 0.492. The summed E-state index contributed by atoms with van der Waals surface area (Å²) in [5.74, 6) is -0.0310. The van der Waals surface area contributed by atoms with Gasteiger partial charge in [-0.1, -0.05) is 31.5 Å². The number of aromatic nitrogens is 1. The predicted molar refractivity (Wildman–Crippen MR) is 78.4 cm³/mol. The third kappa shape index (κ3) is 3.10. The third-order valence-corrected chi connectivity index (χ3v) is 4.21. The minimum Gasteiger partial charge on any atom is -0.392 e. The zero-order valence-corrected chi connectivity index (χ0v) is 11.7. The Hall–Kier alpha value is -1.49. The van der Waals surface area contributed by atoms with Crippen molar-refractivity contribution in [1.82, 2.24) is 10.3 Å². The molecule has 1 aromatic rings. The highest BCUT2D eigenvalue weighted by Crippen LogP contribution is 2.37. The number of nitrogens with two attached hydrogens (primary N) is 1. The number of thiocarbonyl (C=S) groups is 1. The molecule has 0 unspecified atom stereocenters. The Labute approximate surface area is 118 Å². The molecule has 1 saturated carbocycles. The minimum absolute atomic E-state index is 0.0310. The molecule has 2 rings (SSSR count).